The Morgan fingerprint density at radius 3 is 2.73 bits per heavy atom. The number of carbonyl (C=O) groups is 1. The van der Waals surface area contributed by atoms with E-state index in [2.05, 4.69) is 26.7 Å². The van der Waals surface area contributed by atoms with Gasteiger partial charge in [-0.2, -0.15) is 0 Å². The average molecular weight is 361 g/mol. The molecule has 4 aromatic rings. The number of hydrogen-bond acceptors (Lipinski definition) is 6. The molecule has 1 aromatic carbocycles. The third kappa shape index (κ3) is 2.32. The van der Waals surface area contributed by atoms with Crippen molar-refractivity contribution in [2.24, 2.45) is 0 Å². The smallest absolute Gasteiger partial charge is 0.263 e. The summed E-state index contributed by atoms with van der Waals surface area (Å²) in [5, 5.41) is 8.43. The number of nitrogens with zero attached hydrogens (tertiary/aromatic N) is 3. The second kappa shape index (κ2) is 5.74. The van der Waals surface area contributed by atoms with E-state index in [1.807, 2.05) is 31.2 Å². The van der Waals surface area contributed by atoms with Crippen LogP contribution in [0.1, 0.15) is 15.5 Å². The Morgan fingerprint density at radius 1 is 1.00 bits per heavy atom. The minimum absolute atomic E-state index is 0.0135. The van der Waals surface area contributed by atoms with E-state index < -0.39 is 0 Å². The van der Waals surface area contributed by atoms with Gasteiger partial charge in [-0.15, -0.1) is 11.3 Å². The second-order valence-corrected chi connectivity index (χ2v) is 7.23. The lowest BCUT2D eigenvalue weighted by molar-refractivity contribution is 0.0962. The van der Waals surface area contributed by atoms with Gasteiger partial charge < -0.3 is 10.6 Å². The molecule has 1 aliphatic rings. The first-order valence-electron chi connectivity index (χ1n) is 8.39. The first kappa shape index (κ1) is 15.2. The van der Waals surface area contributed by atoms with Gasteiger partial charge in [0.2, 0.25) is 0 Å². The lowest BCUT2D eigenvalue weighted by Crippen LogP contribution is -2.24. The molecule has 5 rings (SSSR count). The Bertz CT molecular complexity index is 1180. The fraction of sp³-hybridized carbons (Fsp3) is 0.158. The molecular formula is C19H15N5OS. The van der Waals surface area contributed by atoms with Crippen LogP contribution in [0.3, 0.4) is 0 Å². The largest absolute Gasteiger partial charge is 0.381 e. The van der Waals surface area contributed by atoms with Crippen LogP contribution in [0.4, 0.5) is 5.69 Å². The SMILES string of the molecule is Cc1nccc(-c2ccc3c(ccc4sc5c(c43)NCCNC5=O)n2)n1. The summed E-state index contributed by atoms with van der Waals surface area (Å²) in [5.74, 6) is 0.707. The predicted octanol–water partition coefficient (Wildman–Crippen LogP) is 3.37. The minimum Gasteiger partial charge on any atom is -0.381 e. The van der Waals surface area contributed by atoms with Crippen molar-refractivity contribution in [3.05, 3.63) is 47.2 Å². The minimum atomic E-state index is -0.0135. The second-order valence-electron chi connectivity index (χ2n) is 6.18. The summed E-state index contributed by atoms with van der Waals surface area (Å²) in [7, 11) is 0. The molecular weight excluding hydrogens is 346 g/mol. The van der Waals surface area contributed by atoms with Gasteiger partial charge in [-0.05, 0) is 37.3 Å². The Labute approximate surface area is 153 Å². The third-order valence-corrected chi connectivity index (χ3v) is 5.63. The number of pyridine rings is 1. The zero-order chi connectivity index (χ0) is 17.7. The van der Waals surface area contributed by atoms with Crippen LogP contribution in [0.2, 0.25) is 0 Å². The van der Waals surface area contributed by atoms with Gasteiger partial charge in [0.05, 0.1) is 22.6 Å². The molecule has 0 unspecified atom stereocenters. The molecule has 1 aliphatic heterocycles. The summed E-state index contributed by atoms with van der Waals surface area (Å²) in [4.78, 5) is 26.4. The highest BCUT2D eigenvalue weighted by atomic mass is 32.1. The highest BCUT2D eigenvalue weighted by Gasteiger charge is 2.22. The number of hydrogen-bond donors (Lipinski definition) is 2. The van der Waals surface area contributed by atoms with Crippen molar-refractivity contribution >= 4 is 43.9 Å². The molecule has 3 aromatic heterocycles. The Hall–Kier alpha value is -3.06. The number of aryl methyl sites for hydroxylation is 1. The molecule has 7 heteroatoms. The van der Waals surface area contributed by atoms with E-state index in [0.717, 1.165) is 48.8 Å². The quantitative estimate of drug-likeness (QED) is 0.543. The van der Waals surface area contributed by atoms with Crippen molar-refractivity contribution in [3.8, 4) is 11.4 Å². The van der Waals surface area contributed by atoms with Gasteiger partial charge in [0.25, 0.3) is 5.91 Å². The van der Waals surface area contributed by atoms with Gasteiger partial charge in [0, 0.05) is 34.8 Å². The van der Waals surface area contributed by atoms with Crippen LogP contribution in [0.5, 0.6) is 0 Å². The fourth-order valence-electron chi connectivity index (χ4n) is 3.32. The van der Waals surface area contributed by atoms with Gasteiger partial charge in [0.1, 0.15) is 10.7 Å². The number of amides is 1. The number of carbonyl (C=O) groups excluding carboxylic acids is 1. The van der Waals surface area contributed by atoms with Gasteiger partial charge >= 0.3 is 0 Å². The molecule has 0 saturated heterocycles. The Kier molecular flexibility index (Phi) is 3.36. The Morgan fingerprint density at radius 2 is 1.85 bits per heavy atom. The zero-order valence-corrected chi connectivity index (χ0v) is 14.9. The van der Waals surface area contributed by atoms with Crippen LogP contribution in [-0.4, -0.2) is 33.9 Å². The lowest BCUT2D eigenvalue weighted by Gasteiger charge is -2.07. The summed E-state index contributed by atoms with van der Waals surface area (Å²) in [6, 6.07) is 9.94. The first-order chi connectivity index (χ1) is 12.7. The van der Waals surface area contributed by atoms with Gasteiger partial charge in [-0.25, -0.2) is 15.0 Å². The lowest BCUT2D eigenvalue weighted by atomic mass is 10.1. The molecule has 0 saturated carbocycles. The third-order valence-electron chi connectivity index (χ3n) is 4.48. The van der Waals surface area contributed by atoms with Crippen molar-refractivity contribution in [1.82, 2.24) is 20.3 Å². The van der Waals surface area contributed by atoms with E-state index in [4.69, 9.17) is 4.98 Å². The molecule has 0 spiro atoms. The molecule has 0 bridgehead atoms. The number of fused-ring (bicyclic) bond motifs is 5. The van der Waals surface area contributed by atoms with Gasteiger partial charge in [-0.1, -0.05) is 0 Å². The van der Waals surface area contributed by atoms with Crippen molar-refractivity contribution in [2.75, 3.05) is 18.4 Å². The average Bonchev–Trinajstić information content (AvgIpc) is 2.94. The first-order valence-corrected chi connectivity index (χ1v) is 9.21. The van der Waals surface area contributed by atoms with Crippen molar-refractivity contribution in [3.63, 3.8) is 0 Å². The van der Waals surface area contributed by atoms with E-state index in [9.17, 15) is 4.79 Å². The fourth-order valence-corrected chi connectivity index (χ4v) is 4.43. The highest BCUT2D eigenvalue weighted by molar-refractivity contribution is 7.21. The summed E-state index contributed by atoms with van der Waals surface area (Å²) < 4.78 is 1.08. The predicted molar refractivity (Wildman–Crippen MR) is 104 cm³/mol. The van der Waals surface area contributed by atoms with Gasteiger partial charge in [-0.3, -0.25) is 4.79 Å². The van der Waals surface area contributed by atoms with Crippen LogP contribution in [0, 0.1) is 6.92 Å². The molecule has 6 nitrogen and oxygen atoms in total. The summed E-state index contributed by atoms with van der Waals surface area (Å²) >= 11 is 1.52. The zero-order valence-electron chi connectivity index (χ0n) is 14.0. The van der Waals surface area contributed by atoms with Crippen molar-refractivity contribution in [1.29, 1.82) is 0 Å². The Balaban J connectivity index is 1.75. The standard InChI is InChI=1S/C19H15N5OS/c1-10-20-7-6-14(23-10)13-3-2-11-12(24-13)4-5-15-16(11)17-18(26-15)19(25)22-9-8-21-17/h2-7,21H,8-9H2,1H3,(H,22,25). The van der Waals surface area contributed by atoms with E-state index in [1.54, 1.807) is 6.20 Å². The number of nitrogens with one attached hydrogen (secondary N) is 2. The van der Waals surface area contributed by atoms with E-state index in [1.165, 1.54) is 11.3 Å². The molecule has 4 heterocycles. The number of anilines is 1. The molecule has 128 valence electrons. The summed E-state index contributed by atoms with van der Waals surface area (Å²) in [6.07, 6.45) is 1.74. The highest BCUT2D eigenvalue weighted by Crippen LogP contribution is 2.40. The van der Waals surface area contributed by atoms with Crippen LogP contribution in [0.25, 0.3) is 32.4 Å². The summed E-state index contributed by atoms with van der Waals surface area (Å²) in [5.41, 5.74) is 3.42. The molecule has 2 N–H and O–H groups in total. The number of aromatic nitrogens is 3. The van der Waals surface area contributed by atoms with E-state index in [-0.39, 0.29) is 5.91 Å². The van der Waals surface area contributed by atoms with E-state index >= 15 is 0 Å². The molecule has 0 fully saturated rings. The van der Waals surface area contributed by atoms with Gasteiger partial charge in [0.15, 0.2) is 0 Å². The van der Waals surface area contributed by atoms with E-state index in [0.29, 0.717) is 13.1 Å². The summed E-state index contributed by atoms with van der Waals surface area (Å²) in [6.45, 7) is 3.21. The van der Waals surface area contributed by atoms with Crippen LogP contribution >= 0.6 is 11.3 Å². The van der Waals surface area contributed by atoms with Crippen molar-refractivity contribution < 1.29 is 4.79 Å². The molecule has 26 heavy (non-hydrogen) atoms. The maximum absolute atomic E-state index is 12.3. The van der Waals surface area contributed by atoms with Crippen LogP contribution in [0.15, 0.2) is 36.5 Å². The van der Waals surface area contributed by atoms with Crippen LogP contribution in [-0.2, 0) is 0 Å². The monoisotopic (exact) mass is 361 g/mol. The van der Waals surface area contributed by atoms with Crippen molar-refractivity contribution in [2.45, 2.75) is 6.92 Å². The number of rotatable bonds is 1. The topological polar surface area (TPSA) is 79.8 Å². The normalized spacial score (nSPS) is 14.0. The molecule has 1 amide bonds. The van der Waals surface area contributed by atoms with Crippen LogP contribution < -0.4 is 10.6 Å². The number of thiophene rings is 1. The molecule has 0 atom stereocenters. The maximum Gasteiger partial charge on any atom is 0.263 e. The molecule has 0 aliphatic carbocycles. The number of benzene rings is 1. The maximum atomic E-state index is 12.3. The molecule has 0 radical (unpaired) electrons.